The van der Waals surface area contributed by atoms with E-state index in [-0.39, 0.29) is 23.6 Å². The smallest absolute Gasteiger partial charge is 0.155 e. The third-order valence-electron chi connectivity index (χ3n) is 7.62. The van der Waals surface area contributed by atoms with Crippen LogP contribution in [0.2, 0.25) is 0 Å². The van der Waals surface area contributed by atoms with Crippen LogP contribution < -0.4 is 4.90 Å². The molecule has 172 valence electrons. The van der Waals surface area contributed by atoms with Crippen LogP contribution in [-0.4, -0.2) is 37.2 Å². The van der Waals surface area contributed by atoms with E-state index in [4.69, 9.17) is 4.98 Å². The number of nitrogens with zero attached hydrogens (tertiary/aromatic N) is 6. The molecule has 0 radical (unpaired) electrons. The van der Waals surface area contributed by atoms with E-state index in [1.165, 1.54) is 5.56 Å². The van der Waals surface area contributed by atoms with Gasteiger partial charge in [-0.3, -0.25) is 0 Å². The number of benzene rings is 1. The van der Waals surface area contributed by atoms with Gasteiger partial charge in [-0.05, 0) is 68.2 Å². The van der Waals surface area contributed by atoms with Crippen molar-refractivity contribution in [3.8, 4) is 11.4 Å². The lowest BCUT2D eigenvalue weighted by Gasteiger charge is -2.40. The molecule has 1 aromatic carbocycles. The highest BCUT2D eigenvalue weighted by Gasteiger charge is 2.41. The highest BCUT2D eigenvalue weighted by molar-refractivity contribution is 5.85. The van der Waals surface area contributed by atoms with Crippen molar-refractivity contribution in [2.75, 3.05) is 18.0 Å². The third-order valence-corrected chi connectivity index (χ3v) is 7.62. The summed E-state index contributed by atoms with van der Waals surface area (Å²) in [7, 11) is 2.02. The second-order valence-electron chi connectivity index (χ2n) is 9.47. The van der Waals surface area contributed by atoms with E-state index < -0.39 is 0 Å². The molecule has 1 saturated heterocycles. The zero-order valence-corrected chi connectivity index (χ0v) is 20.0. The molecule has 1 fully saturated rings. The molecular weight excluding hydrogens is 439 g/mol. The van der Waals surface area contributed by atoms with Crippen molar-refractivity contribution in [2.24, 2.45) is 12.5 Å². The number of fused-ring (bicyclic) bond motifs is 2. The van der Waals surface area contributed by atoms with Crippen molar-refractivity contribution < 1.29 is 4.39 Å². The summed E-state index contributed by atoms with van der Waals surface area (Å²) in [5.41, 5.74) is 6.25. The van der Waals surface area contributed by atoms with E-state index in [1.807, 2.05) is 49.9 Å². The van der Waals surface area contributed by atoms with Crippen LogP contribution in [0.4, 0.5) is 10.2 Å². The van der Waals surface area contributed by atoms with Gasteiger partial charge in [0.25, 0.3) is 0 Å². The van der Waals surface area contributed by atoms with Gasteiger partial charge in [-0.25, -0.2) is 18.9 Å². The molecule has 4 heterocycles. The van der Waals surface area contributed by atoms with Gasteiger partial charge in [0.2, 0.25) is 0 Å². The molecule has 3 aromatic heterocycles. The van der Waals surface area contributed by atoms with E-state index in [1.54, 1.807) is 6.07 Å². The Labute approximate surface area is 198 Å². The Morgan fingerprint density at radius 2 is 1.85 bits per heavy atom. The van der Waals surface area contributed by atoms with Crippen LogP contribution in [0.15, 0.2) is 36.7 Å². The minimum absolute atomic E-state index is 0. The number of hydrogen-bond donors (Lipinski definition) is 0. The number of aryl methyl sites for hydroxylation is 2. The predicted octanol–water partition coefficient (Wildman–Crippen LogP) is 4.69. The molecule has 8 heteroatoms. The molecule has 1 aliphatic heterocycles. The second-order valence-corrected chi connectivity index (χ2v) is 9.47. The summed E-state index contributed by atoms with van der Waals surface area (Å²) in [6.07, 6.45) is 7.67. The summed E-state index contributed by atoms with van der Waals surface area (Å²) < 4.78 is 18.4. The molecule has 1 spiro atoms. The standard InChI is InChI=1S/C25H27FN6.ClH/c1-16-23(22-15-27-17(2)30(22)3)32-21(7-10-28-32)24(29-16)31-11-8-25(9-12-31)13-18-5-4-6-20(26)19(18)14-25;/h4-7,10,15H,8-9,11-14H2,1-3H3;1H. The molecule has 0 bridgehead atoms. The maximum Gasteiger partial charge on any atom is 0.155 e. The number of rotatable bonds is 2. The monoisotopic (exact) mass is 466 g/mol. The summed E-state index contributed by atoms with van der Waals surface area (Å²) in [5, 5.41) is 4.64. The molecule has 0 unspecified atom stereocenters. The van der Waals surface area contributed by atoms with Gasteiger partial charge >= 0.3 is 0 Å². The average Bonchev–Trinajstić information content (AvgIpc) is 3.48. The second kappa shape index (κ2) is 7.83. The van der Waals surface area contributed by atoms with Crippen molar-refractivity contribution >= 4 is 23.7 Å². The van der Waals surface area contributed by atoms with Crippen LogP contribution >= 0.6 is 12.4 Å². The van der Waals surface area contributed by atoms with E-state index in [2.05, 4.69) is 25.6 Å². The molecule has 1 aliphatic carbocycles. The van der Waals surface area contributed by atoms with Crippen LogP contribution in [0, 0.1) is 25.1 Å². The lowest BCUT2D eigenvalue weighted by Crippen LogP contribution is -2.41. The van der Waals surface area contributed by atoms with E-state index in [0.29, 0.717) is 0 Å². The van der Waals surface area contributed by atoms with Gasteiger partial charge in [-0.15, -0.1) is 12.4 Å². The van der Waals surface area contributed by atoms with Crippen LogP contribution in [0.5, 0.6) is 0 Å². The minimum Gasteiger partial charge on any atom is -0.355 e. The van der Waals surface area contributed by atoms with Gasteiger partial charge < -0.3 is 9.47 Å². The van der Waals surface area contributed by atoms with Crippen molar-refractivity contribution in [1.82, 2.24) is 24.1 Å². The zero-order valence-electron chi connectivity index (χ0n) is 19.2. The van der Waals surface area contributed by atoms with Crippen LogP contribution in [0.3, 0.4) is 0 Å². The molecule has 2 aliphatic rings. The molecule has 0 saturated carbocycles. The van der Waals surface area contributed by atoms with E-state index in [0.717, 1.165) is 78.6 Å². The zero-order chi connectivity index (χ0) is 22.0. The quantitative estimate of drug-likeness (QED) is 0.430. The molecular formula is C25H28ClFN6. The first-order valence-electron chi connectivity index (χ1n) is 11.3. The first-order valence-corrected chi connectivity index (χ1v) is 11.3. The molecule has 6 rings (SSSR count). The fourth-order valence-electron chi connectivity index (χ4n) is 5.68. The number of aromatic nitrogens is 5. The van der Waals surface area contributed by atoms with Crippen LogP contribution in [0.25, 0.3) is 16.9 Å². The highest BCUT2D eigenvalue weighted by Crippen LogP contribution is 2.46. The fourth-order valence-corrected chi connectivity index (χ4v) is 5.68. The van der Waals surface area contributed by atoms with Crippen LogP contribution in [-0.2, 0) is 19.9 Å². The van der Waals surface area contributed by atoms with Crippen molar-refractivity contribution in [2.45, 2.75) is 39.5 Å². The highest BCUT2D eigenvalue weighted by atomic mass is 35.5. The van der Waals surface area contributed by atoms with Crippen molar-refractivity contribution in [3.63, 3.8) is 0 Å². The average molecular weight is 467 g/mol. The van der Waals surface area contributed by atoms with Crippen LogP contribution in [0.1, 0.15) is 35.5 Å². The van der Waals surface area contributed by atoms with Gasteiger partial charge in [0, 0.05) is 20.1 Å². The predicted molar refractivity (Wildman–Crippen MR) is 130 cm³/mol. The summed E-state index contributed by atoms with van der Waals surface area (Å²) in [6.45, 7) is 5.89. The Bertz CT molecular complexity index is 1350. The molecule has 0 N–H and O–H groups in total. The Hall–Kier alpha value is -2.93. The third kappa shape index (κ3) is 3.32. The Kier molecular flexibility index (Phi) is 5.20. The first-order chi connectivity index (χ1) is 15.5. The number of piperidine rings is 1. The molecule has 6 nitrogen and oxygen atoms in total. The number of hydrogen-bond acceptors (Lipinski definition) is 4. The lowest BCUT2D eigenvalue weighted by atomic mass is 9.76. The normalized spacial score (nSPS) is 16.9. The van der Waals surface area contributed by atoms with E-state index >= 15 is 0 Å². The fraction of sp³-hybridized carbons (Fsp3) is 0.400. The number of imidazole rings is 1. The van der Waals surface area contributed by atoms with Gasteiger partial charge in [0.05, 0.1) is 23.8 Å². The number of anilines is 1. The molecule has 33 heavy (non-hydrogen) atoms. The Morgan fingerprint density at radius 1 is 1.06 bits per heavy atom. The van der Waals surface area contributed by atoms with Gasteiger partial charge in [-0.1, -0.05) is 12.1 Å². The Morgan fingerprint density at radius 3 is 2.55 bits per heavy atom. The summed E-state index contributed by atoms with van der Waals surface area (Å²) in [5.74, 6) is 1.90. The van der Waals surface area contributed by atoms with Crippen molar-refractivity contribution in [3.05, 3.63) is 65.1 Å². The SMILES string of the molecule is Cc1nc(N2CCC3(CC2)Cc2cccc(F)c2C3)c2ccnn2c1-c1cnc(C)n1C.Cl. The maximum absolute atomic E-state index is 14.3. The summed E-state index contributed by atoms with van der Waals surface area (Å²) >= 11 is 0. The Balaban J connectivity index is 0.00000228. The molecule has 0 amide bonds. The molecule has 0 atom stereocenters. The van der Waals surface area contributed by atoms with Gasteiger partial charge in [0.15, 0.2) is 5.82 Å². The number of halogens is 2. The summed E-state index contributed by atoms with van der Waals surface area (Å²) in [4.78, 5) is 11.9. The lowest BCUT2D eigenvalue weighted by molar-refractivity contribution is 0.231. The topological polar surface area (TPSA) is 51.3 Å². The van der Waals surface area contributed by atoms with Crippen molar-refractivity contribution in [1.29, 1.82) is 0 Å². The summed E-state index contributed by atoms with van der Waals surface area (Å²) in [6, 6.07) is 7.58. The maximum atomic E-state index is 14.3. The van der Waals surface area contributed by atoms with Gasteiger partial charge in [-0.2, -0.15) is 5.10 Å². The van der Waals surface area contributed by atoms with E-state index in [9.17, 15) is 4.39 Å². The van der Waals surface area contributed by atoms with Gasteiger partial charge in [0.1, 0.15) is 22.9 Å². The first kappa shape index (κ1) is 21.9. The minimum atomic E-state index is -0.0407. The molecule has 4 aromatic rings. The largest absolute Gasteiger partial charge is 0.355 e.